The molecule has 1 N–H and O–H groups in total. The Morgan fingerprint density at radius 1 is 0.837 bits per heavy atom. The molecule has 0 radical (unpaired) electrons. The Morgan fingerprint density at radius 2 is 1.58 bits per heavy atom. The number of carboxylic acids is 1. The van der Waals surface area contributed by atoms with Crippen LogP contribution in [0.5, 0.6) is 5.75 Å². The van der Waals surface area contributed by atoms with E-state index in [1.54, 1.807) is 34.0 Å². The molecule has 5 rings (SSSR count). The largest absolute Gasteiger partial charge is 0.489 e. The summed E-state index contributed by atoms with van der Waals surface area (Å²) in [6.07, 6.45) is 4.89. The third kappa shape index (κ3) is 8.89. The molecule has 7 heteroatoms. The van der Waals surface area contributed by atoms with Crippen LogP contribution in [-0.4, -0.2) is 22.5 Å². The molecule has 2 aromatic carbocycles. The molecule has 3 heterocycles. The summed E-state index contributed by atoms with van der Waals surface area (Å²) in [7, 11) is 0. The second-order valence-corrected chi connectivity index (χ2v) is 14.0. The van der Waals surface area contributed by atoms with Gasteiger partial charge in [0.25, 0.3) is 0 Å². The molecule has 3 aromatic heterocycles. The molecule has 0 saturated heterocycles. The molecule has 0 fully saturated rings. The van der Waals surface area contributed by atoms with Crippen molar-refractivity contribution in [2.75, 3.05) is 6.54 Å². The summed E-state index contributed by atoms with van der Waals surface area (Å²) < 4.78 is 6.09. The minimum Gasteiger partial charge on any atom is -0.489 e. The van der Waals surface area contributed by atoms with Gasteiger partial charge in [-0.2, -0.15) is 0 Å². The zero-order valence-electron chi connectivity index (χ0n) is 24.8. The van der Waals surface area contributed by atoms with Gasteiger partial charge < -0.3 is 9.84 Å². The minimum absolute atomic E-state index is 0.00888. The van der Waals surface area contributed by atoms with Crippen molar-refractivity contribution in [1.82, 2.24) is 4.90 Å². The van der Waals surface area contributed by atoms with Crippen LogP contribution in [0.1, 0.15) is 66.3 Å². The summed E-state index contributed by atoms with van der Waals surface area (Å²) in [4.78, 5) is 18.4. The lowest BCUT2D eigenvalue weighted by Gasteiger charge is -2.18. The molecular weight excluding hydrogens is 591 g/mol. The van der Waals surface area contributed by atoms with E-state index in [4.69, 9.17) is 4.74 Å². The maximum atomic E-state index is 11.6. The number of carbonyl (C=O) groups is 1. The molecule has 5 aromatic rings. The van der Waals surface area contributed by atoms with E-state index in [0.717, 1.165) is 27.3 Å². The van der Waals surface area contributed by atoms with E-state index in [1.807, 2.05) is 4.90 Å². The molecule has 0 aliphatic rings. The van der Waals surface area contributed by atoms with Gasteiger partial charge in [0, 0.05) is 32.6 Å². The number of hydrogen-bond donors (Lipinski definition) is 1. The molecule has 0 unspecified atom stereocenters. The first-order valence-electron chi connectivity index (χ1n) is 15.0. The van der Waals surface area contributed by atoms with E-state index in [0.29, 0.717) is 25.6 Å². The van der Waals surface area contributed by atoms with Gasteiger partial charge in [0.2, 0.25) is 0 Å². The molecule has 0 bridgehead atoms. The maximum absolute atomic E-state index is 11.6. The number of ether oxygens (including phenoxy) is 1. The number of benzene rings is 2. The summed E-state index contributed by atoms with van der Waals surface area (Å²) >= 11 is 5.14. The van der Waals surface area contributed by atoms with E-state index < -0.39 is 5.97 Å². The highest BCUT2D eigenvalue weighted by molar-refractivity contribution is 7.21. The summed E-state index contributed by atoms with van der Waals surface area (Å²) in [5, 5.41) is 13.8. The fraction of sp³-hybridized carbons (Fsp3) is 0.306. The summed E-state index contributed by atoms with van der Waals surface area (Å²) in [5.41, 5.74) is 4.85. The molecule has 0 amide bonds. The summed E-state index contributed by atoms with van der Waals surface area (Å²) in [6, 6.07) is 27.8. The van der Waals surface area contributed by atoms with Crippen molar-refractivity contribution in [1.29, 1.82) is 0 Å². The van der Waals surface area contributed by atoms with Crippen LogP contribution in [0.4, 0.5) is 0 Å². The zero-order valence-corrected chi connectivity index (χ0v) is 27.3. The standard InChI is InChI=1S/C36H39NO3S3/c1-3-6-27(7-4-2)28-13-15-31(16-14-28)40-24-26-9-11-29(12-10-26)30-20-33(42-25-30)22-37(23-36(38)39)21-32-17-18-35(43-32)34-8-5-19-41-34/h5,8-20,25,27H,3-4,6-7,21-24H2,1-2H3,(H,38,39). The Kier molecular flexibility index (Phi) is 11.2. The third-order valence-corrected chi connectivity index (χ3v) is 10.6. The Labute approximate surface area is 267 Å². The lowest BCUT2D eigenvalue weighted by atomic mass is 9.90. The van der Waals surface area contributed by atoms with Gasteiger partial charge in [-0.3, -0.25) is 9.69 Å². The highest BCUT2D eigenvalue weighted by atomic mass is 32.1. The average Bonchev–Trinajstić information content (AvgIpc) is 3.79. The van der Waals surface area contributed by atoms with Crippen molar-refractivity contribution in [3.63, 3.8) is 0 Å². The first-order valence-corrected chi connectivity index (χ1v) is 17.5. The zero-order chi connectivity index (χ0) is 30.0. The first kappa shape index (κ1) is 31.2. The lowest BCUT2D eigenvalue weighted by molar-refractivity contribution is -0.138. The SMILES string of the molecule is CCCC(CCC)c1ccc(OCc2ccc(-c3csc(CN(CC(=O)O)Cc4ccc(-c5cccs5)s4)c3)cc2)cc1. The Morgan fingerprint density at radius 3 is 2.26 bits per heavy atom. The number of nitrogens with zero attached hydrogens (tertiary/aromatic N) is 1. The van der Waals surface area contributed by atoms with Crippen LogP contribution in [0, 0.1) is 0 Å². The lowest BCUT2D eigenvalue weighted by Crippen LogP contribution is -2.28. The molecule has 0 aliphatic carbocycles. The number of rotatable bonds is 16. The normalized spacial score (nSPS) is 11.4. The number of hydrogen-bond acceptors (Lipinski definition) is 6. The fourth-order valence-electron chi connectivity index (χ4n) is 5.40. The van der Waals surface area contributed by atoms with Gasteiger partial charge in [0.05, 0.1) is 6.54 Å². The number of aliphatic carboxylic acids is 1. The van der Waals surface area contributed by atoms with E-state index in [1.165, 1.54) is 45.9 Å². The van der Waals surface area contributed by atoms with Gasteiger partial charge in [-0.05, 0) is 88.2 Å². The quantitative estimate of drug-likeness (QED) is 0.118. The van der Waals surface area contributed by atoms with Crippen molar-refractivity contribution in [2.24, 2.45) is 0 Å². The van der Waals surface area contributed by atoms with Crippen LogP contribution in [0.15, 0.2) is 89.6 Å². The monoisotopic (exact) mass is 629 g/mol. The van der Waals surface area contributed by atoms with Crippen molar-refractivity contribution >= 4 is 40.0 Å². The van der Waals surface area contributed by atoms with Crippen LogP contribution < -0.4 is 4.74 Å². The second kappa shape index (κ2) is 15.5. The highest BCUT2D eigenvalue weighted by Crippen LogP contribution is 2.33. The van der Waals surface area contributed by atoms with Crippen LogP contribution in [0.25, 0.3) is 20.9 Å². The van der Waals surface area contributed by atoms with Crippen LogP contribution in [0.3, 0.4) is 0 Å². The predicted octanol–water partition coefficient (Wildman–Crippen LogP) is 10.6. The van der Waals surface area contributed by atoms with Crippen LogP contribution in [0.2, 0.25) is 0 Å². The molecular formula is C36H39NO3S3. The van der Waals surface area contributed by atoms with Gasteiger partial charge in [-0.1, -0.05) is 69.2 Å². The van der Waals surface area contributed by atoms with E-state index >= 15 is 0 Å². The second-order valence-electron chi connectivity index (χ2n) is 10.9. The van der Waals surface area contributed by atoms with Gasteiger partial charge in [-0.25, -0.2) is 0 Å². The Balaban J connectivity index is 1.16. The topological polar surface area (TPSA) is 49.8 Å². The average molecular weight is 630 g/mol. The van der Waals surface area contributed by atoms with Crippen molar-refractivity contribution < 1.29 is 14.6 Å². The molecule has 0 atom stereocenters. The van der Waals surface area contributed by atoms with Crippen molar-refractivity contribution in [3.8, 4) is 26.6 Å². The highest BCUT2D eigenvalue weighted by Gasteiger charge is 2.15. The maximum Gasteiger partial charge on any atom is 0.317 e. The van der Waals surface area contributed by atoms with Crippen molar-refractivity contribution in [2.45, 2.75) is 65.1 Å². The molecule has 0 aliphatic heterocycles. The summed E-state index contributed by atoms with van der Waals surface area (Å²) in [5.74, 6) is 0.733. The number of thiophene rings is 3. The molecule has 0 spiro atoms. The smallest absolute Gasteiger partial charge is 0.317 e. The van der Waals surface area contributed by atoms with E-state index in [9.17, 15) is 9.90 Å². The first-order chi connectivity index (χ1) is 21.0. The van der Waals surface area contributed by atoms with Crippen LogP contribution in [-0.2, 0) is 24.5 Å². The third-order valence-electron chi connectivity index (χ3n) is 7.52. The number of carboxylic acid groups (broad SMARTS) is 1. The van der Waals surface area contributed by atoms with Crippen LogP contribution >= 0.6 is 34.0 Å². The van der Waals surface area contributed by atoms with E-state index in [2.05, 4.69) is 103 Å². The Hall–Kier alpha value is -3.23. The molecule has 224 valence electrons. The van der Waals surface area contributed by atoms with Gasteiger partial charge in [0.1, 0.15) is 12.4 Å². The predicted molar refractivity (Wildman–Crippen MR) is 182 cm³/mol. The minimum atomic E-state index is -0.808. The fourth-order valence-corrected chi connectivity index (χ4v) is 8.22. The molecule has 4 nitrogen and oxygen atoms in total. The van der Waals surface area contributed by atoms with E-state index in [-0.39, 0.29) is 6.54 Å². The summed E-state index contributed by atoms with van der Waals surface area (Å²) in [6.45, 7) is 6.27. The van der Waals surface area contributed by atoms with Gasteiger partial charge in [0.15, 0.2) is 0 Å². The van der Waals surface area contributed by atoms with Gasteiger partial charge >= 0.3 is 5.97 Å². The molecule has 0 saturated carbocycles. The molecule has 43 heavy (non-hydrogen) atoms. The Bertz CT molecular complexity index is 1550. The van der Waals surface area contributed by atoms with Gasteiger partial charge in [-0.15, -0.1) is 34.0 Å². The van der Waals surface area contributed by atoms with Crippen molar-refractivity contribution in [3.05, 3.63) is 111 Å².